The van der Waals surface area contributed by atoms with Crippen molar-refractivity contribution in [1.29, 1.82) is 0 Å². The Hall–Kier alpha value is -2.68. The predicted molar refractivity (Wildman–Crippen MR) is 90.2 cm³/mol. The summed E-state index contributed by atoms with van der Waals surface area (Å²) in [5.74, 6) is -0.966. The average Bonchev–Trinajstić information content (AvgIpc) is 2.55. The molecule has 1 amide bonds. The Balaban J connectivity index is 1.98. The van der Waals surface area contributed by atoms with Gasteiger partial charge in [0.15, 0.2) is 0 Å². The number of hydrogen-bond acceptors (Lipinski definition) is 6. The first-order valence-corrected chi connectivity index (χ1v) is 8.77. The van der Waals surface area contributed by atoms with Crippen molar-refractivity contribution in [3.8, 4) is 5.75 Å². The summed E-state index contributed by atoms with van der Waals surface area (Å²) in [7, 11) is -2.21. The van der Waals surface area contributed by atoms with E-state index in [1.807, 2.05) is 0 Å². The van der Waals surface area contributed by atoms with Crippen LogP contribution in [0.1, 0.15) is 6.92 Å². The average molecular weight is 350 g/mol. The second-order valence-electron chi connectivity index (χ2n) is 5.08. The molecular formula is C15H18N4O4S. The maximum atomic E-state index is 12.2. The van der Waals surface area contributed by atoms with Crippen LogP contribution in [0, 0.1) is 5.92 Å². The Morgan fingerprint density at radius 3 is 2.62 bits per heavy atom. The van der Waals surface area contributed by atoms with Gasteiger partial charge in [-0.3, -0.25) is 14.8 Å². The maximum Gasteiger partial charge on any atom is 0.233 e. The van der Waals surface area contributed by atoms with Gasteiger partial charge in [-0.15, -0.1) is 0 Å². The number of aromatic nitrogens is 2. The molecule has 0 aliphatic rings. The molecule has 128 valence electrons. The molecule has 0 radical (unpaired) electrons. The van der Waals surface area contributed by atoms with E-state index < -0.39 is 21.8 Å². The number of sulfonamides is 1. The molecular weight excluding hydrogens is 332 g/mol. The lowest BCUT2D eigenvalue weighted by Crippen LogP contribution is -2.30. The van der Waals surface area contributed by atoms with E-state index in [1.54, 1.807) is 30.3 Å². The fourth-order valence-electron chi connectivity index (χ4n) is 1.91. The summed E-state index contributed by atoms with van der Waals surface area (Å²) < 4.78 is 31.9. The van der Waals surface area contributed by atoms with Gasteiger partial charge in [-0.05, 0) is 18.2 Å². The molecule has 2 N–H and O–H groups in total. The third kappa shape index (κ3) is 5.20. The van der Waals surface area contributed by atoms with Crippen LogP contribution in [0.4, 0.5) is 11.6 Å². The second-order valence-corrected chi connectivity index (χ2v) is 6.85. The van der Waals surface area contributed by atoms with Crippen LogP contribution in [0.15, 0.2) is 42.7 Å². The SMILES string of the molecule is COc1cccc(NS(=O)(=O)CC(C)C(=O)Nc2ncccn2)c1. The van der Waals surface area contributed by atoms with Gasteiger partial charge in [-0.1, -0.05) is 13.0 Å². The number of nitrogens with zero attached hydrogens (tertiary/aromatic N) is 2. The summed E-state index contributed by atoms with van der Waals surface area (Å²) in [6, 6.07) is 8.14. The van der Waals surface area contributed by atoms with Crippen molar-refractivity contribution >= 4 is 27.6 Å². The van der Waals surface area contributed by atoms with E-state index in [0.717, 1.165) is 0 Å². The molecule has 0 spiro atoms. The molecule has 1 aromatic carbocycles. The number of ether oxygens (including phenoxy) is 1. The van der Waals surface area contributed by atoms with Gasteiger partial charge in [0.05, 0.1) is 24.5 Å². The van der Waals surface area contributed by atoms with Gasteiger partial charge < -0.3 is 4.74 Å². The van der Waals surface area contributed by atoms with Crippen molar-refractivity contribution in [3.05, 3.63) is 42.7 Å². The van der Waals surface area contributed by atoms with Gasteiger partial charge in [-0.2, -0.15) is 0 Å². The lowest BCUT2D eigenvalue weighted by atomic mass is 10.2. The minimum atomic E-state index is -3.70. The van der Waals surface area contributed by atoms with Gasteiger partial charge in [0.1, 0.15) is 5.75 Å². The first kappa shape index (κ1) is 17.7. The highest BCUT2D eigenvalue weighted by atomic mass is 32.2. The molecule has 1 heterocycles. The van der Waals surface area contributed by atoms with E-state index in [-0.39, 0.29) is 11.7 Å². The van der Waals surface area contributed by atoms with Crippen molar-refractivity contribution < 1.29 is 17.9 Å². The number of anilines is 2. The number of carbonyl (C=O) groups is 1. The summed E-state index contributed by atoms with van der Waals surface area (Å²) in [6.07, 6.45) is 2.96. The zero-order chi connectivity index (χ0) is 17.6. The van der Waals surface area contributed by atoms with E-state index in [9.17, 15) is 13.2 Å². The van der Waals surface area contributed by atoms with E-state index >= 15 is 0 Å². The highest BCUT2D eigenvalue weighted by Crippen LogP contribution is 2.18. The van der Waals surface area contributed by atoms with Crippen LogP contribution in [0.5, 0.6) is 5.75 Å². The van der Waals surface area contributed by atoms with Crippen LogP contribution in [0.25, 0.3) is 0 Å². The number of hydrogen-bond donors (Lipinski definition) is 2. The van der Waals surface area contributed by atoms with E-state index in [0.29, 0.717) is 11.4 Å². The number of carbonyl (C=O) groups excluding carboxylic acids is 1. The molecule has 0 aliphatic heterocycles. The highest BCUT2D eigenvalue weighted by Gasteiger charge is 2.22. The monoisotopic (exact) mass is 350 g/mol. The minimum Gasteiger partial charge on any atom is -0.497 e. The molecule has 0 aliphatic carbocycles. The Morgan fingerprint density at radius 2 is 1.96 bits per heavy atom. The summed E-state index contributed by atoms with van der Waals surface area (Å²) in [5.41, 5.74) is 0.369. The van der Waals surface area contributed by atoms with Crippen molar-refractivity contribution in [2.75, 3.05) is 22.9 Å². The standard InChI is InChI=1S/C15H18N4O4S/c1-11(14(20)18-15-16-7-4-8-17-15)10-24(21,22)19-12-5-3-6-13(9-12)23-2/h3-9,11,19H,10H2,1-2H3,(H,16,17,18,20). The van der Waals surface area contributed by atoms with Crippen LogP contribution in [-0.4, -0.2) is 37.2 Å². The quantitative estimate of drug-likeness (QED) is 0.783. The smallest absolute Gasteiger partial charge is 0.233 e. The largest absolute Gasteiger partial charge is 0.497 e. The lowest BCUT2D eigenvalue weighted by molar-refractivity contribution is -0.118. The molecule has 24 heavy (non-hydrogen) atoms. The second kappa shape index (κ2) is 7.73. The van der Waals surface area contributed by atoms with Crippen LogP contribution < -0.4 is 14.8 Å². The fourth-order valence-corrected chi connectivity index (χ4v) is 3.29. The van der Waals surface area contributed by atoms with Gasteiger partial charge in [0.25, 0.3) is 0 Å². The summed E-state index contributed by atoms with van der Waals surface area (Å²) in [5, 5.41) is 2.47. The number of nitrogens with one attached hydrogen (secondary N) is 2. The van der Waals surface area contributed by atoms with Crippen molar-refractivity contribution in [2.24, 2.45) is 5.92 Å². The van der Waals surface area contributed by atoms with Gasteiger partial charge in [-0.25, -0.2) is 18.4 Å². The third-order valence-electron chi connectivity index (χ3n) is 3.06. The minimum absolute atomic E-state index is 0.132. The number of methoxy groups -OCH3 is 1. The van der Waals surface area contributed by atoms with Gasteiger partial charge in [0, 0.05) is 18.5 Å². The molecule has 0 saturated heterocycles. The molecule has 1 aromatic heterocycles. The van der Waals surface area contributed by atoms with Crippen LogP contribution in [0.2, 0.25) is 0 Å². The highest BCUT2D eigenvalue weighted by molar-refractivity contribution is 7.92. The molecule has 1 atom stereocenters. The zero-order valence-corrected chi connectivity index (χ0v) is 14.1. The molecule has 0 saturated carbocycles. The van der Waals surface area contributed by atoms with Crippen molar-refractivity contribution in [1.82, 2.24) is 9.97 Å². The Morgan fingerprint density at radius 1 is 1.25 bits per heavy atom. The fraction of sp³-hybridized carbons (Fsp3) is 0.267. The first-order valence-electron chi connectivity index (χ1n) is 7.12. The normalized spacial score (nSPS) is 12.2. The molecule has 2 rings (SSSR count). The molecule has 9 heteroatoms. The number of amides is 1. The first-order chi connectivity index (χ1) is 11.4. The van der Waals surface area contributed by atoms with Gasteiger partial charge >= 0.3 is 0 Å². The van der Waals surface area contributed by atoms with Gasteiger partial charge in [0.2, 0.25) is 21.9 Å². The van der Waals surface area contributed by atoms with E-state index in [2.05, 4.69) is 20.0 Å². The molecule has 0 bridgehead atoms. The third-order valence-corrected chi connectivity index (χ3v) is 4.55. The maximum absolute atomic E-state index is 12.2. The zero-order valence-electron chi connectivity index (χ0n) is 13.3. The summed E-state index contributed by atoms with van der Waals surface area (Å²) in [4.78, 5) is 19.8. The topological polar surface area (TPSA) is 110 Å². The van der Waals surface area contributed by atoms with Crippen molar-refractivity contribution in [2.45, 2.75) is 6.92 Å². The molecule has 2 aromatic rings. The Kier molecular flexibility index (Phi) is 5.69. The van der Waals surface area contributed by atoms with Crippen LogP contribution in [-0.2, 0) is 14.8 Å². The Bertz CT molecular complexity index is 796. The molecule has 0 fully saturated rings. The van der Waals surface area contributed by atoms with Crippen molar-refractivity contribution in [3.63, 3.8) is 0 Å². The predicted octanol–water partition coefficient (Wildman–Crippen LogP) is 1.50. The number of benzene rings is 1. The van der Waals surface area contributed by atoms with E-state index in [1.165, 1.54) is 26.4 Å². The van der Waals surface area contributed by atoms with Crippen LogP contribution in [0.3, 0.4) is 0 Å². The van der Waals surface area contributed by atoms with Crippen LogP contribution >= 0.6 is 0 Å². The molecule has 8 nitrogen and oxygen atoms in total. The number of rotatable bonds is 7. The molecule has 1 unspecified atom stereocenters. The Labute approximate surface area is 140 Å². The van der Waals surface area contributed by atoms with E-state index in [4.69, 9.17) is 4.74 Å². The lowest BCUT2D eigenvalue weighted by Gasteiger charge is -2.13. The summed E-state index contributed by atoms with van der Waals surface area (Å²) in [6.45, 7) is 1.52. The summed E-state index contributed by atoms with van der Waals surface area (Å²) >= 11 is 0.